The van der Waals surface area contributed by atoms with Crippen LogP contribution in [0.2, 0.25) is 0 Å². The van der Waals surface area contributed by atoms with Gasteiger partial charge in [-0.2, -0.15) is 0 Å². The van der Waals surface area contributed by atoms with E-state index in [1.807, 2.05) is 54.6 Å². The number of rotatable bonds is 10. The molecule has 1 aliphatic heterocycles. The van der Waals surface area contributed by atoms with Gasteiger partial charge in [-0.05, 0) is 70.0 Å². The Hall–Kier alpha value is -3.06. The standard InChI is InChI=1S/C28H39N3O4/c1-28(2,3)35-27(33)30-25(26(32)29-16-19-31-17-8-5-9-18-31)20-22-12-14-24(15-13-22)34-21-23-10-6-4-7-11-23/h4,6-7,10-15,25H,5,8-9,16-21H2,1-3H3,(H,29,32)(H,30,33). The number of benzene rings is 2. The van der Waals surface area contributed by atoms with Gasteiger partial charge in [-0.3, -0.25) is 4.79 Å². The summed E-state index contributed by atoms with van der Waals surface area (Å²) in [5.74, 6) is 0.539. The molecule has 1 aliphatic rings. The number of nitrogens with one attached hydrogen (secondary N) is 2. The summed E-state index contributed by atoms with van der Waals surface area (Å²) in [4.78, 5) is 27.8. The van der Waals surface area contributed by atoms with Gasteiger partial charge < -0.3 is 25.0 Å². The third kappa shape index (κ3) is 9.99. The molecule has 0 saturated carbocycles. The minimum absolute atomic E-state index is 0.211. The predicted octanol–water partition coefficient (Wildman–Crippen LogP) is 4.30. The van der Waals surface area contributed by atoms with Crippen molar-refractivity contribution in [2.75, 3.05) is 26.2 Å². The lowest BCUT2D eigenvalue weighted by atomic mass is 10.0. The van der Waals surface area contributed by atoms with Crippen LogP contribution in [0.1, 0.15) is 51.2 Å². The van der Waals surface area contributed by atoms with E-state index < -0.39 is 17.7 Å². The Kier molecular flexibility index (Phi) is 9.97. The summed E-state index contributed by atoms with van der Waals surface area (Å²) >= 11 is 0. The second kappa shape index (κ2) is 13.1. The number of ether oxygens (including phenoxy) is 2. The molecule has 7 heteroatoms. The summed E-state index contributed by atoms with van der Waals surface area (Å²) in [5.41, 5.74) is 1.38. The molecule has 1 heterocycles. The van der Waals surface area contributed by atoms with Crippen LogP contribution in [0, 0.1) is 0 Å². The molecule has 2 N–H and O–H groups in total. The van der Waals surface area contributed by atoms with E-state index in [1.165, 1.54) is 19.3 Å². The van der Waals surface area contributed by atoms with Gasteiger partial charge in [0.15, 0.2) is 0 Å². The minimum Gasteiger partial charge on any atom is -0.489 e. The van der Waals surface area contributed by atoms with Gasteiger partial charge in [-0.1, -0.05) is 48.9 Å². The molecule has 0 radical (unpaired) electrons. The maximum Gasteiger partial charge on any atom is 0.408 e. The van der Waals surface area contributed by atoms with Gasteiger partial charge in [0.05, 0.1) is 0 Å². The van der Waals surface area contributed by atoms with Gasteiger partial charge in [-0.15, -0.1) is 0 Å². The molecule has 1 saturated heterocycles. The molecule has 0 spiro atoms. The number of nitrogens with zero attached hydrogens (tertiary/aromatic N) is 1. The van der Waals surface area contributed by atoms with E-state index in [1.54, 1.807) is 20.8 Å². The first-order valence-corrected chi connectivity index (χ1v) is 12.5. The number of carbonyl (C=O) groups excluding carboxylic acids is 2. The number of likely N-dealkylation sites (tertiary alicyclic amines) is 1. The summed E-state index contributed by atoms with van der Waals surface area (Å²) in [5, 5.41) is 5.75. The van der Waals surface area contributed by atoms with Crippen LogP contribution in [0.15, 0.2) is 54.6 Å². The molecule has 0 bridgehead atoms. The molecule has 1 atom stereocenters. The fraction of sp³-hybridized carbons (Fsp3) is 0.500. The molecule has 35 heavy (non-hydrogen) atoms. The van der Waals surface area contributed by atoms with Crippen molar-refractivity contribution in [1.29, 1.82) is 0 Å². The van der Waals surface area contributed by atoms with E-state index in [2.05, 4.69) is 15.5 Å². The van der Waals surface area contributed by atoms with Crippen LogP contribution in [0.4, 0.5) is 4.79 Å². The summed E-state index contributed by atoms with van der Waals surface area (Å²) in [7, 11) is 0. The van der Waals surface area contributed by atoms with Crippen LogP contribution in [-0.4, -0.2) is 54.7 Å². The lowest BCUT2D eigenvalue weighted by Crippen LogP contribution is -2.50. The van der Waals surface area contributed by atoms with Gasteiger partial charge in [0.1, 0.15) is 24.0 Å². The van der Waals surface area contributed by atoms with Crippen molar-refractivity contribution in [3.8, 4) is 5.75 Å². The SMILES string of the molecule is CC(C)(C)OC(=O)NC(Cc1ccc(OCc2ccccc2)cc1)C(=O)NCCN1CCCCC1. The van der Waals surface area contributed by atoms with E-state index in [-0.39, 0.29) is 5.91 Å². The Morgan fingerprint density at radius 1 is 0.943 bits per heavy atom. The molecule has 1 fully saturated rings. The van der Waals surface area contributed by atoms with Crippen LogP contribution >= 0.6 is 0 Å². The highest BCUT2D eigenvalue weighted by atomic mass is 16.6. The summed E-state index contributed by atoms with van der Waals surface area (Å²) in [6.45, 7) is 9.41. The highest BCUT2D eigenvalue weighted by molar-refractivity contribution is 5.86. The summed E-state index contributed by atoms with van der Waals surface area (Å²) < 4.78 is 11.2. The average molecular weight is 482 g/mol. The minimum atomic E-state index is -0.734. The van der Waals surface area contributed by atoms with Crippen molar-refractivity contribution in [3.63, 3.8) is 0 Å². The molecule has 2 aromatic rings. The van der Waals surface area contributed by atoms with Crippen LogP contribution in [0.3, 0.4) is 0 Å². The number of carbonyl (C=O) groups is 2. The normalized spacial score (nSPS) is 15.2. The van der Waals surface area contributed by atoms with Gasteiger partial charge in [0.25, 0.3) is 0 Å². The maximum atomic E-state index is 13.0. The highest BCUT2D eigenvalue weighted by Crippen LogP contribution is 2.16. The third-order valence-electron chi connectivity index (χ3n) is 5.79. The Balaban J connectivity index is 1.56. The number of amides is 2. The second-order valence-corrected chi connectivity index (χ2v) is 10.0. The van der Waals surface area contributed by atoms with Crippen molar-refractivity contribution in [3.05, 3.63) is 65.7 Å². The zero-order valence-electron chi connectivity index (χ0n) is 21.2. The highest BCUT2D eigenvalue weighted by Gasteiger charge is 2.25. The molecule has 3 rings (SSSR count). The number of hydrogen-bond donors (Lipinski definition) is 2. The summed E-state index contributed by atoms with van der Waals surface area (Å²) in [6, 6.07) is 16.9. The molecule has 2 aromatic carbocycles. The first-order valence-electron chi connectivity index (χ1n) is 12.5. The van der Waals surface area contributed by atoms with Crippen LogP contribution in [0.5, 0.6) is 5.75 Å². The van der Waals surface area contributed by atoms with Gasteiger partial charge >= 0.3 is 6.09 Å². The van der Waals surface area contributed by atoms with Crippen LogP contribution in [0.25, 0.3) is 0 Å². The molecule has 2 amide bonds. The van der Waals surface area contributed by atoms with Gasteiger partial charge in [0, 0.05) is 19.5 Å². The van der Waals surface area contributed by atoms with Crippen molar-refractivity contribution in [2.24, 2.45) is 0 Å². The van der Waals surface area contributed by atoms with E-state index >= 15 is 0 Å². The zero-order valence-corrected chi connectivity index (χ0v) is 21.2. The summed E-state index contributed by atoms with van der Waals surface area (Å²) in [6.07, 6.45) is 3.45. The van der Waals surface area contributed by atoms with E-state index in [9.17, 15) is 9.59 Å². The largest absolute Gasteiger partial charge is 0.489 e. The molecule has 190 valence electrons. The van der Waals surface area contributed by atoms with E-state index in [0.717, 1.165) is 36.5 Å². The molecule has 0 aromatic heterocycles. The predicted molar refractivity (Wildman–Crippen MR) is 137 cm³/mol. The monoisotopic (exact) mass is 481 g/mol. The van der Waals surface area contributed by atoms with Crippen molar-refractivity contribution in [1.82, 2.24) is 15.5 Å². The quantitative estimate of drug-likeness (QED) is 0.529. The Morgan fingerprint density at radius 3 is 2.29 bits per heavy atom. The van der Waals surface area contributed by atoms with E-state index in [4.69, 9.17) is 9.47 Å². The second-order valence-electron chi connectivity index (χ2n) is 10.0. The molecule has 1 unspecified atom stereocenters. The van der Waals surface area contributed by atoms with Gasteiger partial charge in [-0.25, -0.2) is 4.79 Å². The molecule has 7 nitrogen and oxygen atoms in total. The number of alkyl carbamates (subject to hydrolysis) is 1. The van der Waals surface area contributed by atoms with E-state index in [0.29, 0.717) is 19.6 Å². The van der Waals surface area contributed by atoms with Crippen molar-refractivity contribution in [2.45, 2.75) is 64.7 Å². The molecular formula is C28H39N3O4. The lowest BCUT2D eigenvalue weighted by Gasteiger charge is -2.27. The average Bonchev–Trinajstić information content (AvgIpc) is 2.83. The Bertz CT molecular complexity index is 919. The Labute approximate surface area is 209 Å². The van der Waals surface area contributed by atoms with Crippen molar-refractivity contribution < 1.29 is 19.1 Å². The first kappa shape index (κ1) is 26.5. The third-order valence-corrected chi connectivity index (χ3v) is 5.79. The maximum absolute atomic E-state index is 13.0. The number of piperidine rings is 1. The fourth-order valence-corrected chi connectivity index (χ4v) is 4.00. The van der Waals surface area contributed by atoms with Crippen LogP contribution in [-0.2, 0) is 22.6 Å². The zero-order chi connectivity index (χ0) is 25.1. The molecule has 0 aliphatic carbocycles. The topological polar surface area (TPSA) is 79.9 Å². The van der Waals surface area contributed by atoms with Crippen LogP contribution < -0.4 is 15.4 Å². The lowest BCUT2D eigenvalue weighted by molar-refractivity contribution is -0.123. The van der Waals surface area contributed by atoms with Crippen molar-refractivity contribution >= 4 is 12.0 Å². The molecular weight excluding hydrogens is 442 g/mol. The van der Waals surface area contributed by atoms with Gasteiger partial charge in [0.2, 0.25) is 5.91 Å². The first-order chi connectivity index (χ1) is 16.8. The number of hydrogen-bond acceptors (Lipinski definition) is 5. The smallest absolute Gasteiger partial charge is 0.408 e. The Morgan fingerprint density at radius 2 is 1.63 bits per heavy atom. The fourth-order valence-electron chi connectivity index (χ4n) is 4.00.